The number of nitrogens with zero attached hydrogens (tertiary/aromatic N) is 2. The number of ether oxygens (including phenoxy) is 1. The largest absolute Gasteiger partial charge is 0.495 e. The molecule has 252 valence electrons. The van der Waals surface area contributed by atoms with Crippen molar-refractivity contribution in [2.45, 2.75) is 69.0 Å². The fraction of sp³-hybridized carbons (Fsp3) is 0.316. The Morgan fingerprint density at radius 1 is 0.875 bits per heavy atom. The molecule has 4 aromatic carbocycles. The molecule has 2 amide bonds. The third-order valence-electron chi connectivity index (χ3n) is 8.72. The molecule has 0 saturated heterocycles. The topological polar surface area (TPSA) is 96.0 Å². The third kappa shape index (κ3) is 8.76. The van der Waals surface area contributed by atoms with E-state index in [-0.39, 0.29) is 46.3 Å². The highest BCUT2D eigenvalue weighted by molar-refractivity contribution is 7.92. The molecular formula is C38H42ClN3O5S. The predicted molar refractivity (Wildman–Crippen MR) is 190 cm³/mol. The highest BCUT2D eigenvalue weighted by Gasteiger charge is 2.36. The first kappa shape index (κ1) is 35.0. The van der Waals surface area contributed by atoms with Crippen LogP contribution in [-0.2, 0) is 32.6 Å². The van der Waals surface area contributed by atoms with Crippen LogP contribution in [0.25, 0.3) is 0 Å². The summed E-state index contributed by atoms with van der Waals surface area (Å²) in [7, 11) is -2.87. The van der Waals surface area contributed by atoms with E-state index in [1.165, 1.54) is 30.2 Å². The SMILES string of the molecule is COc1ccc(Cl)cc1N(CC(=O)N(Cc1ccccc1)[C@@H](Cc1ccccc1)C(=O)NC1CCCCC1)S(=O)(=O)c1ccc(C)cc1. The normalized spacial score (nSPS) is 14.1. The molecule has 1 atom stereocenters. The van der Waals surface area contributed by atoms with Gasteiger partial charge in [-0.1, -0.05) is 109 Å². The minimum absolute atomic E-state index is 0.00779. The first-order valence-corrected chi connectivity index (χ1v) is 18.1. The van der Waals surface area contributed by atoms with Crippen molar-refractivity contribution in [2.75, 3.05) is 18.0 Å². The van der Waals surface area contributed by atoms with E-state index in [4.69, 9.17) is 16.3 Å². The monoisotopic (exact) mass is 687 g/mol. The van der Waals surface area contributed by atoms with Gasteiger partial charge in [0.15, 0.2) is 0 Å². The summed E-state index contributed by atoms with van der Waals surface area (Å²) in [4.78, 5) is 30.5. The standard InChI is InChI=1S/C38H42ClN3O5S/c1-28-18-21-33(22-19-28)48(45,46)42(34-25-31(39)20-23-36(34)47-2)27-37(43)41(26-30-14-8-4-9-15-30)35(24-29-12-6-3-7-13-29)38(44)40-32-16-10-5-11-17-32/h3-4,6-9,12-15,18-23,25,32,35H,5,10-11,16-17,24,26-27H2,1-2H3,(H,40,44)/t35-/m0/s1. The molecule has 1 fully saturated rings. The summed E-state index contributed by atoms with van der Waals surface area (Å²) in [6, 6.07) is 29.1. The lowest BCUT2D eigenvalue weighted by molar-refractivity contribution is -0.140. The Bertz CT molecular complexity index is 1780. The summed E-state index contributed by atoms with van der Waals surface area (Å²) < 4.78 is 35.3. The second-order valence-corrected chi connectivity index (χ2v) is 14.5. The van der Waals surface area contributed by atoms with Crippen LogP contribution in [0, 0.1) is 6.92 Å². The average molecular weight is 688 g/mol. The van der Waals surface area contributed by atoms with Crippen LogP contribution in [0.3, 0.4) is 0 Å². The Morgan fingerprint density at radius 3 is 2.12 bits per heavy atom. The van der Waals surface area contributed by atoms with Crippen LogP contribution in [0.15, 0.2) is 108 Å². The summed E-state index contributed by atoms with van der Waals surface area (Å²) in [6.07, 6.45) is 5.23. The molecule has 0 aromatic heterocycles. The number of rotatable bonds is 13. The van der Waals surface area contributed by atoms with E-state index >= 15 is 0 Å². The number of benzene rings is 4. The molecule has 4 aromatic rings. The minimum atomic E-state index is -4.30. The van der Waals surface area contributed by atoms with Crippen molar-refractivity contribution in [3.8, 4) is 5.75 Å². The molecule has 0 heterocycles. The highest BCUT2D eigenvalue weighted by atomic mass is 35.5. The summed E-state index contributed by atoms with van der Waals surface area (Å²) in [6.45, 7) is 1.37. The van der Waals surface area contributed by atoms with Crippen molar-refractivity contribution in [1.29, 1.82) is 0 Å². The molecule has 1 saturated carbocycles. The van der Waals surface area contributed by atoms with Gasteiger partial charge in [-0.2, -0.15) is 0 Å². The highest BCUT2D eigenvalue weighted by Crippen LogP contribution is 2.35. The van der Waals surface area contributed by atoms with E-state index in [2.05, 4.69) is 5.32 Å². The van der Waals surface area contributed by atoms with Crippen LogP contribution in [0.2, 0.25) is 5.02 Å². The number of amides is 2. The fourth-order valence-corrected chi connectivity index (χ4v) is 7.67. The van der Waals surface area contributed by atoms with Crippen LogP contribution in [0.4, 0.5) is 5.69 Å². The molecule has 48 heavy (non-hydrogen) atoms. The van der Waals surface area contributed by atoms with Crippen molar-refractivity contribution in [1.82, 2.24) is 10.2 Å². The first-order chi connectivity index (χ1) is 23.2. The van der Waals surface area contributed by atoms with E-state index in [9.17, 15) is 18.0 Å². The zero-order valence-corrected chi connectivity index (χ0v) is 28.9. The lowest BCUT2D eigenvalue weighted by atomic mass is 9.94. The first-order valence-electron chi connectivity index (χ1n) is 16.3. The zero-order valence-electron chi connectivity index (χ0n) is 27.3. The second-order valence-electron chi connectivity index (χ2n) is 12.2. The van der Waals surface area contributed by atoms with Gasteiger partial charge in [-0.15, -0.1) is 0 Å². The van der Waals surface area contributed by atoms with E-state index in [1.807, 2.05) is 67.6 Å². The maximum Gasteiger partial charge on any atom is 0.264 e. The average Bonchev–Trinajstić information content (AvgIpc) is 3.10. The zero-order chi connectivity index (χ0) is 34.1. The molecule has 1 aliphatic rings. The molecule has 5 rings (SSSR count). The molecule has 0 aliphatic heterocycles. The molecule has 0 bridgehead atoms. The van der Waals surface area contributed by atoms with E-state index < -0.39 is 28.5 Å². The Balaban J connectivity index is 1.59. The Morgan fingerprint density at radius 2 is 1.50 bits per heavy atom. The number of nitrogens with one attached hydrogen (secondary N) is 1. The maximum absolute atomic E-state index is 14.7. The Kier molecular flexibility index (Phi) is 11.8. The number of anilines is 1. The molecule has 1 N–H and O–H groups in total. The number of sulfonamides is 1. The maximum atomic E-state index is 14.7. The number of aryl methyl sites for hydroxylation is 1. The van der Waals surface area contributed by atoms with Crippen LogP contribution < -0.4 is 14.4 Å². The summed E-state index contributed by atoms with van der Waals surface area (Å²) in [5, 5.41) is 3.51. The lowest BCUT2D eigenvalue weighted by Gasteiger charge is -2.35. The van der Waals surface area contributed by atoms with Gasteiger partial charge < -0.3 is 15.0 Å². The van der Waals surface area contributed by atoms with Gasteiger partial charge in [0.05, 0.1) is 17.7 Å². The predicted octanol–water partition coefficient (Wildman–Crippen LogP) is 6.94. The number of hydrogen-bond donors (Lipinski definition) is 1. The van der Waals surface area contributed by atoms with Crippen LogP contribution in [-0.4, -0.2) is 50.9 Å². The number of carbonyl (C=O) groups is 2. The molecular weight excluding hydrogens is 646 g/mol. The van der Waals surface area contributed by atoms with Crippen molar-refractivity contribution < 1.29 is 22.7 Å². The Labute approximate surface area is 288 Å². The molecule has 1 aliphatic carbocycles. The fourth-order valence-electron chi connectivity index (χ4n) is 6.09. The van der Waals surface area contributed by atoms with Gasteiger partial charge in [-0.25, -0.2) is 8.42 Å². The minimum Gasteiger partial charge on any atom is -0.495 e. The molecule has 8 nitrogen and oxygen atoms in total. The van der Waals surface area contributed by atoms with E-state index in [1.54, 1.807) is 24.3 Å². The number of methoxy groups -OCH3 is 1. The summed E-state index contributed by atoms with van der Waals surface area (Å²) >= 11 is 6.39. The lowest BCUT2D eigenvalue weighted by Crippen LogP contribution is -2.55. The molecule has 10 heteroatoms. The number of halogens is 1. The van der Waals surface area contributed by atoms with E-state index in [0.29, 0.717) is 0 Å². The summed E-state index contributed by atoms with van der Waals surface area (Å²) in [5.41, 5.74) is 2.69. The van der Waals surface area contributed by atoms with Crippen molar-refractivity contribution in [2.24, 2.45) is 0 Å². The molecule has 0 spiro atoms. The van der Waals surface area contributed by atoms with Gasteiger partial charge in [0.2, 0.25) is 11.8 Å². The quantitative estimate of drug-likeness (QED) is 0.164. The molecule has 0 radical (unpaired) electrons. The van der Waals surface area contributed by atoms with Gasteiger partial charge in [0.1, 0.15) is 18.3 Å². The van der Waals surface area contributed by atoms with Gasteiger partial charge in [-0.05, 0) is 61.2 Å². The van der Waals surface area contributed by atoms with Crippen LogP contribution in [0.5, 0.6) is 5.75 Å². The van der Waals surface area contributed by atoms with Crippen LogP contribution >= 0.6 is 11.6 Å². The smallest absolute Gasteiger partial charge is 0.264 e. The Hall–Kier alpha value is -4.34. The van der Waals surface area contributed by atoms with Crippen LogP contribution in [0.1, 0.15) is 48.8 Å². The van der Waals surface area contributed by atoms with Gasteiger partial charge in [-0.3, -0.25) is 13.9 Å². The van der Waals surface area contributed by atoms with Crippen molar-refractivity contribution in [3.63, 3.8) is 0 Å². The van der Waals surface area contributed by atoms with E-state index in [0.717, 1.165) is 53.1 Å². The van der Waals surface area contributed by atoms with Gasteiger partial charge in [0.25, 0.3) is 10.0 Å². The van der Waals surface area contributed by atoms with Crippen molar-refractivity contribution in [3.05, 3.63) is 125 Å². The summed E-state index contributed by atoms with van der Waals surface area (Å²) in [5.74, 6) is -0.576. The molecule has 0 unspecified atom stereocenters. The van der Waals surface area contributed by atoms with Crippen molar-refractivity contribution >= 4 is 39.1 Å². The van der Waals surface area contributed by atoms with Gasteiger partial charge in [0, 0.05) is 24.0 Å². The van der Waals surface area contributed by atoms with Gasteiger partial charge >= 0.3 is 0 Å². The third-order valence-corrected chi connectivity index (χ3v) is 10.7. The second kappa shape index (κ2) is 16.2. The number of hydrogen-bond acceptors (Lipinski definition) is 5. The number of carbonyl (C=O) groups excluding carboxylic acids is 2.